The number of hydrogen-bond acceptors (Lipinski definition) is 6. The molecule has 0 radical (unpaired) electrons. The van der Waals surface area contributed by atoms with Crippen molar-refractivity contribution in [1.29, 1.82) is 0 Å². The number of carbonyl (C=O) groups is 2. The third-order valence-corrected chi connectivity index (χ3v) is 6.35. The van der Waals surface area contributed by atoms with Crippen LogP contribution in [0.4, 0.5) is 5.82 Å². The third-order valence-electron chi connectivity index (χ3n) is 4.06. The summed E-state index contributed by atoms with van der Waals surface area (Å²) in [6.45, 7) is 5.61. The van der Waals surface area contributed by atoms with Crippen LogP contribution in [-0.4, -0.2) is 48.8 Å². The van der Waals surface area contributed by atoms with Gasteiger partial charge in [-0.15, -0.1) is 0 Å². The Morgan fingerprint density at radius 3 is 2.28 bits per heavy atom. The molecule has 1 aromatic carbocycles. The summed E-state index contributed by atoms with van der Waals surface area (Å²) in [6, 6.07) is 8.46. The van der Waals surface area contributed by atoms with Gasteiger partial charge in [0.05, 0.1) is 15.5 Å². The fourth-order valence-electron chi connectivity index (χ4n) is 2.44. The summed E-state index contributed by atoms with van der Waals surface area (Å²) in [5, 5.41) is 2.93. The molecule has 0 unspecified atom stereocenters. The average Bonchev–Trinajstić information content (AvgIpc) is 2.70. The van der Waals surface area contributed by atoms with Crippen LogP contribution in [0, 0.1) is 0 Å². The molecule has 0 spiro atoms. The first-order valence-corrected chi connectivity index (χ1v) is 10.7. The number of carbonyl (C=O) groups excluding carboxylic acids is 2. The summed E-state index contributed by atoms with van der Waals surface area (Å²) in [5.74, 6) is -1.04. The molecule has 0 aliphatic heterocycles. The van der Waals surface area contributed by atoms with Crippen molar-refractivity contribution in [2.75, 3.05) is 18.4 Å². The molecule has 1 heterocycles. The van der Waals surface area contributed by atoms with Crippen molar-refractivity contribution in [3.8, 4) is 0 Å². The first-order chi connectivity index (χ1) is 13.7. The number of hydrogen-bond donors (Lipinski definition) is 1. The largest absolute Gasteiger partial charge is 0.449 e. The number of aromatic nitrogens is 1. The minimum Gasteiger partial charge on any atom is -0.449 e. The average molecular weight is 440 g/mol. The van der Waals surface area contributed by atoms with Crippen LogP contribution in [0.15, 0.2) is 47.5 Å². The van der Waals surface area contributed by atoms with E-state index in [1.165, 1.54) is 47.8 Å². The molecule has 156 valence electrons. The Labute approximate surface area is 174 Å². The van der Waals surface area contributed by atoms with E-state index in [0.717, 1.165) is 0 Å². The summed E-state index contributed by atoms with van der Waals surface area (Å²) < 4.78 is 31.4. The summed E-state index contributed by atoms with van der Waals surface area (Å²) in [4.78, 5) is 28.4. The van der Waals surface area contributed by atoms with Crippen molar-refractivity contribution in [3.05, 3.63) is 53.2 Å². The lowest BCUT2D eigenvalue weighted by molar-refractivity contribution is -0.123. The lowest BCUT2D eigenvalue weighted by Gasteiger charge is -2.18. The first kappa shape index (κ1) is 22.8. The molecule has 0 saturated heterocycles. The highest BCUT2D eigenvalue weighted by atomic mass is 35.5. The highest BCUT2D eigenvalue weighted by Gasteiger charge is 2.23. The summed E-state index contributed by atoms with van der Waals surface area (Å²) >= 11 is 5.74. The fraction of sp³-hybridized carbons (Fsp3) is 0.316. The summed E-state index contributed by atoms with van der Waals surface area (Å²) in [5.41, 5.74) is 0.132. The second-order valence-corrected chi connectivity index (χ2v) is 8.39. The minimum absolute atomic E-state index is 0.0809. The zero-order valence-corrected chi connectivity index (χ0v) is 17.8. The Kier molecular flexibility index (Phi) is 7.72. The predicted molar refractivity (Wildman–Crippen MR) is 109 cm³/mol. The van der Waals surface area contributed by atoms with Crippen LogP contribution in [0.25, 0.3) is 0 Å². The Bertz CT molecular complexity index is 958. The SMILES string of the molecule is CCN(CC)S(=O)(=O)c1ccc(C(=O)O[C@@H](C)C(=O)Nc2ccc(Cl)cn2)cc1. The number of nitrogens with one attached hydrogen (secondary N) is 1. The van der Waals surface area contributed by atoms with E-state index in [0.29, 0.717) is 18.1 Å². The van der Waals surface area contributed by atoms with Crippen LogP contribution in [0.5, 0.6) is 0 Å². The number of ether oxygens (including phenoxy) is 1. The first-order valence-electron chi connectivity index (χ1n) is 8.92. The Hall–Kier alpha value is -2.49. The van der Waals surface area contributed by atoms with E-state index in [1.54, 1.807) is 19.9 Å². The van der Waals surface area contributed by atoms with Crippen molar-refractivity contribution in [2.45, 2.75) is 31.8 Å². The molecule has 0 fully saturated rings. The quantitative estimate of drug-likeness (QED) is 0.634. The minimum atomic E-state index is -3.62. The standard InChI is InChI=1S/C19H22ClN3O5S/c1-4-23(5-2)29(26,27)16-9-6-14(7-10-16)19(25)28-13(3)18(24)22-17-11-8-15(20)12-21-17/h6-13H,4-5H2,1-3H3,(H,21,22,24)/t13-/m0/s1. The van der Waals surface area contributed by atoms with Gasteiger partial charge >= 0.3 is 5.97 Å². The summed E-state index contributed by atoms with van der Waals surface area (Å²) in [6.07, 6.45) is 0.292. The number of sulfonamides is 1. The van der Waals surface area contributed by atoms with Gasteiger partial charge in [-0.3, -0.25) is 4.79 Å². The molecule has 0 saturated carbocycles. The molecule has 1 aromatic heterocycles. The second-order valence-electron chi connectivity index (χ2n) is 6.01. The van der Waals surface area contributed by atoms with Crippen molar-refractivity contribution in [1.82, 2.24) is 9.29 Å². The van der Waals surface area contributed by atoms with Gasteiger partial charge in [-0.05, 0) is 43.3 Å². The van der Waals surface area contributed by atoms with E-state index in [9.17, 15) is 18.0 Å². The van der Waals surface area contributed by atoms with Crippen molar-refractivity contribution >= 4 is 39.3 Å². The molecule has 10 heteroatoms. The highest BCUT2D eigenvalue weighted by molar-refractivity contribution is 7.89. The normalized spacial score (nSPS) is 12.4. The van der Waals surface area contributed by atoms with Gasteiger partial charge in [0.15, 0.2) is 6.10 Å². The van der Waals surface area contributed by atoms with Crippen LogP contribution in [-0.2, 0) is 19.6 Å². The van der Waals surface area contributed by atoms with E-state index in [4.69, 9.17) is 16.3 Å². The zero-order chi connectivity index (χ0) is 21.6. The molecule has 0 aliphatic carbocycles. The Balaban J connectivity index is 2.03. The number of amides is 1. The van der Waals surface area contributed by atoms with Crippen molar-refractivity contribution in [3.63, 3.8) is 0 Å². The number of halogens is 1. The Morgan fingerprint density at radius 2 is 1.76 bits per heavy atom. The highest BCUT2D eigenvalue weighted by Crippen LogP contribution is 2.17. The van der Waals surface area contributed by atoms with Crippen LogP contribution < -0.4 is 5.32 Å². The van der Waals surface area contributed by atoms with Crippen molar-refractivity contribution < 1.29 is 22.7 Å². The maximum atomic E-state index is 12.5. The molecule has 29 heavy (non-hydrogen) atoms. The fourth-order valence-corrected chi connectivity index (χ4v) is 4.01. The van der Waals surface area contributed by atoms with E-state index < -0.39 is 28.0 Å². The number of esters is 1. The molecule has 0 aliphatic rings. The van der Waals surface area contributed by atoms with Gasteiger partial charge in [0.25, 0.3) is 5.91 Å². The number of nitrogens with zero attached hydrogens (tertiary/aromatic N) is 2. The third kappa shape index (κ3) is 5.75. The molecule has 8 nitrogen and oxygen atoms in total. The smallest absolute Gasteiger partial charge is 0.338 e. The van der Waals surface area contributed by atoms with Gasteiger partial charge in [0.1, 0.15) is 5.82 Å². The van der Waals surface area contributed by atoms with Gasteiger partial charge in [-0.25, -0.2) is 18.2 Å². The molecule has 1 atom stereocenters. The zero-order valence-electron chi connectivity index (χ0n) is 16.3. The maximum absolute atomic E-state index is 12.5. The molecular formula is C19H22ClN3O5S. The molecule has 1 N–H and O–H groups in total. The van der Waals surface area contributed by atoms with Crippen molar-refractivity contribution in [2.24, 2.45) is 0 Å². The Morgan fingerprint density at radius 1 is 1.14 bits per heavy atom. The van der Waals surface area contributed by atoms with Crippen LogP contribution in [0.2, 0.25) is 5.02 Å². The lowest BCUT2D eigenvalue weighted by atomic mass is 10.2. The van der Waals surface area contributed by atoms with E-state index >= 15 is 0 Å². The van der Waals surface area contributed by atoms with Gasteiger partial charge < -0.3 is 10.1 Å². The van der Waals surface area contributed by atoms with Crippen LogP contribution in [0.1, 0.15) is 31.1 Å². The molecule has 0 bridgehead atoms. The maximum Gasteiger partial charge on any atom is 0.338 e. The van der Waals surface area contributed by atoms with E-state index in [1.807, 2.05) is 0 Å². The lowest BCUT2D eigenvalue weighted by Crippen LogP contribution is -2.31. The van der Waals surface area contributed by atoms with Gasteiger partial charge in [-0.2, -0.15) is 4.31 Å². The number of anilines is 1. The topological polar surface area (TPSA) is 106 Å². The van der Waals surface area contributed by atoms with E-state index in [2.05, 4.69) is 10.3 Å². The van der Waals surface area contributed by atoms with E-state index in [-0.39, 0.29) is 16.3 Å². The molecule has 2 rings (SSSR count). The predicted octanol–water partition coefficient (Wildman–Crippen LogP) is 2.95. The molecule has 1 amide bonds. The second kappa shape index (κ2) is 9.82. The number of rotatable bonds is 8. The van der Waals surface area contributed by atoms with Gasteiger partial charge in [0, 0.05) is 19.3 Å². The van der Waals surface area contributed by atoms with Gasteiger partial charge in [-0.1, -0.05) is 25.4 Å². The number of pyridine rings is 1. The molecular weight excluding hydrogens is 418 g/mol. The number of benzene rings is 1. The van der Waals surface area contributed by atoms with Crippen LogP contribution in [0.3, 0.4) is 0 Å². The van der Waals surface area contributed by atoms with Gasteiger partial charge in [0.2, 0.25) is 10.0 Å². The van der Waals surface area contributed by atoms with Crippen LogP contribution >= 0.6 is 11.6 Å². The summed E-state index contributed by atoms with van der Waals surface area (Å²) in [7, 11) is -3.62. The molecule has 2 aromatic rings. The monoisotopic (exact) mass is 439 g/mol.